The molecule has 0 amide bonds. The second kappa shape index (κ2) is 4.22. The number of benzene rings is 1. The largest absolute Gasteiger partial charge is 0.383 e. The minimum Gasteiger partial charge on any atom is -0.358 e. The minimum atomic E-state index is -3.83. The second-order valence-electron chi connectivity index (χ2n) is 3.52. The highest BCUT2D eigenvalue weighted by Gasteiger charge is 2.25. The maximum absolute atomic E-state index is 12.2. The van der Waals surface area contributed by atoms with Gasteiger partial charge in [-0.1, -0.05) is 18.2 Å². The number of imidazole rings is 1. The lowest BCUT2D eigenvalue weighted by Crippen LogP contribution is -2.13. The first-order valence-corrected chi connectivity index (χ1v) is 6.38. The Bertz CT molecular complexity index is 691. The molecule has 94 valence electrons. The van der Waals surface area contributed by atoms with E-state index in [-0.39, 0.29) is 10.7 Å². The zero-order valence-corrected chi connectivity index (χ0v) is 10.2. The van der Waals surface area contributed by atoms with Crippen molar-refractivity contribution >= 4 is 15.8 Å². The SMILES string of the molecule is Cc1nc([N+](=O)[O-])cn1S(=O)(=O)c1ccccc1. The van der Waals surface area contributed by atoms with Crippen LogP contribution < -0.4 is 0 Å². The van der Waals surface area contributed by atoms with Crippen molar-refractivity contribution in [3.8, 4) is 0 Å². The van der Waals surface area contributed by atoms with Crippen molar-refractivity contribution in [2.45, 2.75) is 11.8 Å². The molecule has 0 bridgehead atoms. The third kappa shape index (κ3) is 1.97. The topological polar surface area (TPSA) is 95.1 Å². The van der Waals surface area contributed by atoms with Crippen LogP contribution in [0.3, 0.4) is 0 Å². The number of hydrogen-bond acceptors (Lipinski definition) is 5. The standard InChI is InChI=1S/C10H9N3O4S/c1-8-11-10(13(14)15)7-12(8)18(16,17)9-5-3-2-4-6-9/h2-7H,1H3. The van der Waals surface area contributed by atoms with Crippen LogP contribution in [-0.2, 0) is 10.0 Å². The predicted octanol–water partition coefficient (Wildman–Crippen LogP) is 1.34. The van der Waals surface area contributed by atoms with E-state index in [1.807, 2.05) is 0 Å². The Morgan fingerprint density at radius 3 is 2.39 bits per heavy atom. The van der Waals surface area contributed by atoms with E-state index >= 15 is 0 Å². The Labute approximate surface area is 103 Å². The Hall–Kier alpha value is -2.22. The zero-order chi connectivity index (χ0) is 13.3. The summed E-state index contributed by atoms with van der Waals surface area (Å²) in [7, 11) is -3.83. The lowest BCUT2D eigenvalue weighted by Gasteiger charge is -2.04. The quantitative estimate of drug-likeness (QED) is 0.617. The maximum Gasteiger partial charge on any atom is 0.383 e. The summed E-state index contributed by atoms with van der Waals surface area (Å²) < 4.78 is 25.2. The van der Waals surface area contributed by atoms with Gasteiger partial charge in [-0.05, 0) is 22.0 Å². The molecular formula is C10H9N3O4S. The van der Waals surface area contributed by atoms with Gasteiger partial charge in [0.15, 0.2) is 0 Å². The molecule has 0 aliphatic rings. The summed E-state index contributed by atoms with van der Waals surface area (Å²) in [6, 6.07) is 7.67. The van der Waals surface area contributed by atoms with Gasteiger partial charge in [-0.15, -0.1) is 0 Å². The first-order valence-electron chi connectivity index (χ1n) is 4.94. The highest BCUT2D eigenvalue weighted by molar-refractivity contribution is 7.90. The normalized spacial score (nSPS) is 11.4. The highest BCUT2D eigenvalue weighted by atomic mass is 32.2. The molecule has 8 heteroatoms. The average molecular weight is 267 g/mol. The van der Waals surface area contributed by atoms with Crippen molar-refractivity contribution in [3.05, 3.63) is 52.5 Å². The van der Waals surface area contributed by atoms with Crippen LogP contribution in [0.25, 0.3) is 0 Å². The molecule has 2 aromatic rings. The van der Waals surface area contributed by atoms with Gasteiger partial charge in [0.25, 0.3) is 10.0 Å². The smallest absolute Gasteiger partial charge is 0.358 e. The molecular weight excluding hydrogens is 258 g/mol. The van der Waals surface area contributed by atoms with Gasteiger partial charge in [-0.3, -0.25) is 0 Å². The van der Waals surface area contributed by atoms with Gasteiger partial charge in [0.1, 0.15) is 6.20 Å². The summed E-state index contributed by atoms with van der Waals surface area (Å²) in [5, 5.41) is 10.6. The van der Waals surface area contributed by atoms with E-state index in [0.717, 1.165) is 10.2 Å². The van der Waals surface area contributed by atoms with Crippen LogP contribution in [0.15, 0.2) is 41.4 Å². The van der Waals surface area contributed by atoms with E-state index in [9.17, 15) is 18.5 Å². The summed E-state index contributed by atoms with van der Waals surface area (Å²) in [5.74, 6) is -0.447. The predicted molar refractivity (Wildman–Crippen MR) is 62.6 cm³/mol. The molecule has 18 heavy (non-hydrogen) atoms. The molecule has 0 fully saturated rings. The number of rotatable bonds is 3. The van der Waals surface area contributed by atoms with Crippen LogP contribution in [-0.4, -0.2) is 22.3 Å². The number of aromatic nitrogens is 2. The van der Waals surface area contributed by atoms with E-state index in [1.165, 1.54) is 19.1 Å². The van der Waals surface area contributed by atoms with E-state index < -0.39 is 20.8 Å². The monoisotopic (exact) mass is 267 g/mol. The summed E-state index contributed by atoms with van der Waals surface area (Å²) >= 11 is 0. The number of aryl methyl sites for hydroxylation is 1. The van der Waals surface area contributed by atoms with E-state index in [2.05, 4.69) is 4.98 Å². The fourth-order valence-corrected chi connectivity index (χ4v) is 2.83. The molecule has 1 aromatic heterocycles. The molecule has 0 unspecified atom stereocenters. The molecule has 2 rings (SSSR count). The molecule has 0 atom stereocenters. The molecule has 0 aliphatic carbocycles. The first kappa shape index (κ1) is 12.2. The third-order valence-corrected chi connectivity index (χ3v) is 4.07. The number of hydrogen-bond donors (Lipinski definition) is 0. The van der Waals surface area contributed by atoms with Crippen molar-refractivity contribution in [3.63, 3.8) is 0 Å². The lowest BCUT2D eigenvalue weighted by molar-refractivity contribution is -0.389. The molecule has 0 aliphatic heterocycles. The van der Waals surface area contributed by atoms with Crippen LogP contribution in [0, 0.1) is 17.0 Å². The van der Waals surface area contributed by atoms with Gasteiger partial charge in [-0.2, -0.15) is 3.97 Å². The molecule has 0 spiro atoms. The average Bonchev–Trinajstić information content (AvgIpc) is 2.73. The van der Waals surface area contributed by atoms with Gasteiger partial charge in [0.2, 0.25) is 5.82 Å². The van der Waals surface area contributed by atoms with Crippen molar-refractivity contribution in [1.82, 2.24) is 8.96 Å². The van der Waals surface area contributed by atoms with Crippen LogP contribution in [0.2, 0.25) is 0 Å². The van der Waals surface area contributed by atoms with Crippen molar-refractivity contribution < 1.29 is 13.3 Å². The van der Waals surface area contributed by atoms with Crippen LogP contribution >= 0.6 is 0 Å². The van der Waals surface area contributed by atoms with E-state index in [0.29, 0.717) is 0 Å². The molecule has 1 heterocycles. The highest BCUT2D eigenvalue weighted by Crippen LogP contribution is 2.18. The number of nitro groups is 1. The summed E-state index contributed by atoms with van der Waals surface area (Å²) in [6.45, 7) is 1.40. The summed E-state index contributed by atoms with van der Waals surface area (Å²) in [5.41, 5.74) is 0. The van der Waals surface area contributed by atoms with Gasteiger partial charge < -0.3 is 10.1 Å². The molecule has 1 aromatic carbocycles. The molecule has 0 N–H and O–H groups in total. The van der Waals surface area contributed by atoms with Gasteiger partial charge in [-0.25, -0.2) is 8.42 Å². The molecule has 0 saturated heterocycles. The van der Waals surface area contributed by atoms with Gasteiger partial charge in [0, 0.05) is 6.92 Å². The van der Waals surface area contributed by atoms with Crippen LogP contribution in [0.4, 0.5) is 5.82 Å². The van der Waals surface area contributed by atoms with Crippen LogP contribution in [0.5, 0.6) is 0 Å². The van der Waals surface area contributed by atoms with Crippen molar-refractivity contribution in [2.75, 3.05) is 0 Å². The summed E-state index contributed by atoms with van der Waals surface area (Å²) in [6.07, 6.45) is 0.900. The van der Waals surface area contributed by atoms with E-state index in [4.69, 9.17) is 0 Å². The van der Waals surface area contributed by atoms with Gasteiger partial charge >= 0.3 is 5.82 Å². The second-order valence-corrected chi connectivity index (χ2v) is 5.33. The third-order valence-electron chi connectivity index (χ3n) is 2.32. The fourth-order valence-electron chi connectivity index (χ4n) is 1.48. The summed E-state index contributed by atoms with van der Waals surface area (Å²) in [4.78, 5) is 13.5. The van der Waals surface area contributed by atoms with Crippen molar-refractivity contribution in [1.29, 1.82) is 0 Å². The fraction of sp³-hybridized carbons (Fsp3) is 0.100. The van der Waals surface area contributed by atoms with E-state index in [1.54, 1.807) is 18.2 Å². The van der Waals surface area contributed by atoms with Gasteiger partial charge in [0.05, 0.1) is 4.90 Å². The Morgan fingerprint density at radius 2 is 1.89 bits per heavy atom. The molecule has 7 nitrogen and oxygen atoms in total. The first-order chi connectivity index (χ1) is 8.43. The van der Waals surface area contributed by atoms with Crippen LogP contribution in [0.1, 0.15) is 5.82 Å². The molecule has 0 radical (unpaired) electrons. The zero-order valence-electron chi connectivity index (χ0n) is 9.35. The molecule has 0 saturated carbocycles. The minimum absolute atomic E-state index is 0.0468. The maximum atomic E-state index is 12.2. The number of nitrogens with zero attached hydrogens (tertiary/aromatic N) is 3. The lowest BCUT2D eigenvalue weighted by atomic mass is 10.4. The Morgan fingerprint density at radius 1 is 1.28 bits per heavy atom. The van der Waals surface area contributed by atoms with Crippen molar-refractivity contribution in [2.24, 2.45) is 0 Å². The Kier molecular flexibility index (Phi) is 2.87. The Balaban J connectivity index is 2.59.